The number of hydrogen-bond acceptors (Lipinski definition) is 4. The van der Waals surface area contributed by atoms with Crippen molar-refractivity contribution in [3.05, 3.63) is 24.3 Å². The molecule has 1 aliphatic rings. The highest BCUT2D eigenvalue weighted by molar-refractivity contribution is 7.91. The van der Waals surface area contributed by atoms with E-state index in [1.54, 1.807) is 12.1 Å². The summed E-state index contributed by atoms with van der Waals surface area (Å²) >= 11 is 0. The van der Waals surface area contributed by atoms with E-state index in [0.29, 0.717) is 11.3 Å². The van der Waals surface area contributed by atoms with Crippen molar-refractivity contribution in [2.75, 3.05) is 24.2 Å². The number of anilines is 1. The van der Waals surface area contributed by atoms with E-state index in [2.05, 4.69) is 5.32 Å². The lowest BCUT2D eigenvalue weighted by Gasteiger charge is -2.15. The fraction of sp³-hybridized carbons (Fsp3) is 0.600. The van der Waals surface area contributed by atoms with Crippen LogP contribution >= 0.6 is 0 Å². The fourth-order valence-corrected chi connectivity index (χ4v) is 3.71. The molecule has 0 saturated heterocycles. The zero-order chi connectivity index (χ0) is 14.6. The molecule has 0 unspecified atom stereocenters. The Morgan fingerprint density at radius 1 is 1.25 bits per heavy atom. The minimum Gasteiger partial charge on any atom is -0.396 e. The maximum absolute atomic E-state index is 11.9. The number of aliphatic hydroxyl groups is 1. The van der Waals surface area contributed by atoms with Gasteiger partial charge >= 0.3 is 0 Å². The predicted molar refractivity (Wildman–Crippen MR) is 80.6 cm³/mol. The van der Waals surface area contributed by atoms with Crippen molar-refractivity contribution in [2.24, 2.45) is 5.41 Å². The molecule has 1 aliphatic carbocycles. The third kappa shape index (κ3) is 3.73. The molecule has 20 heavy (non-hydrogen) atoms. The van der Waals surface area contributed by atoms with Gasteiger partial charge in [0.25, 0.3) is 0 Å². The lowest BCUT2D eigenvalue weighted by Crippen LogP contribution is -2.16. The zero-order valence-electron chi connectivity index (χ0n) is 11.9. The molecule has 0 radical (unpaired) electrons. The van der Waals surface area contributed by atoms with Crippen molar-refractivity contribution in [3.8, 4) is 0 Å². The molecule has 0 heterocycles. The van der Waals surface area contributed by atoms with Crippen molar-refractivity contribution in [3.63, 3.8) is 0 Å². The molecule has 2 N–H and O–H groups in total. The molecular weight excluding hydrogens is 274 g/mol. The second-order valence-electron chi connectivity index (χ2n) is 5.67. The Bertz CT molecular complexity index is 533. The van der Waals surface area contributed by atoms with Gasteiger partial charge in [0.15, 0.2) is 9.84 Å². The Balaban J connectivity index is 1.95. The van der Waals surface area contributed by atoms with Crippen LogP contribution < -0.4 is 5.32 Å². The topological polar surface area (TPSA) is 66.4 Å². The fourth-order valence-electron chi connectivity index (χ4n) is 2.39. The van der Waals surface area contributed by atoms with Crippen LogP contribution in [0.3, 0.4) is 0 Å². The first kappa shape index (κ1) is 15.3. The molecule has 1 aromatic carbocycles. The van der Waals surface area contributed by atoms with E-state index in [1.807, 2.05) is 19.1 Å². The van der Waals surface area contributed by atoms with Crippen LogP contribution in [-0.4, -0.2) is 32.4 Å². The molecule has 1 fully saturated rings. The Hall–Kier alpha value is -1.07. The number of hydrogen-bond donors (Lipinski definition) is 2. The van der Waals surface area contributed by atoms with E-state index in [1.165, 1.54) is 0 Å². The summed E-state index contributed by atoms with van der Waals surface area (Å²) < 4.78 is 23.8. The van der Waals surface area contributed by atoms with Gasteiger partial charge < -0.3 is 10.4 Å². The summed E-state index contributed by atoms with van der Waals surface area (Å²) in [5.74, 6) is 0.194. The molecule has 2 rings (SSSR count). The highest BCUT2D eigenvalue weighted by Gasteiger charge is 2.41. The summed E-state index contributed by atoms with van der Waals surface area (Å²) in [4.78, 5) is 0.390. The van der Waals surface area contributed by atoms with E-state index in [-0.39, 0.29) is 17.8 Å². The second kappa shape index (κ2) is 6.14. The van der Waals surface area contributed by atoms with Crippen LogP contribution in [0.5, 0.6) is 0 Å². The maximum atomic E-state index is 11.9. The molecule has 4 nitrogen and oxygen atoms in total. The van der Waals surface area contributed by atoms with Crippen molar-refractivity contribution < 1.29 is 13.5 Å². The number of aliphatic hydroxyl groups excluding tert-OH is 1. The molecule has 1 aromatic rings. The summed E-state index contributed by atoms with van der Waals surface area (Å²) in [7, 11) is -3.13. The lowest BCUT2D eigenvalue weighted by molar-refractivity contribution is 0.253. The highest BCUT2D eigenvalue weighted by atomic mass is 32.2. The first-order valence-corrected chi connectivity index (χ1v) is 8.84. The summed E-state index contributed by atoms with van der Waals surface area (Å²) in [6.45, 7) is 2.94. The van der Waals surface area contributed by atoms with E-state index < -0.39 is 9.84 Å². The van der Waals surface area contributed by atoms with Crippen LogP contribution in [0.25, 0.3) is 0 Å². The average molecular weight is 297 g/mol. The van der Waals surface area contributed by atoms with Gasteiger partial charge in [-0.05, 0) is 55.4 Å². The van der Waals surface area contributed by atoms with E-state index >= 15 is 0 Å². The van der Waals surface area contributed by atoms with Crippen molar-refractivity contribution in [1.29, 1.82) is 0 Å². The second-order valence-corrected chi connectivity index (χ2v) is 7.78. The first-order valence-electron chi connectivity index (χ1n) is 7.19. The molecule has 0 bridgehead atoms. The maximum Gasteiger partial charge on any atom is 0.178 e. The summed E-state index contributed by atoms with van der Waals surface area (Å²) in [6.07, 6.45) is 3.78. The molecule has 1 saturated carbocycles. The van der Waals surface area contributed by atoms with Gasteiger partial charge in [0, 0.05) is 18.8 Å². The van der Waals surface area contributed by atoms with Gasteiger partial charge in [-0.15, -0.1) is 0 Å². The van der Waals surface area contributed by atoms with Gasteiger partial charge in [-0.1, -0.05) is 6.92 Å². The minimum atomic E-state index is -3.13. The van der Waals surface area contributed by atoms with Gasteiger partial charge in [-0.2, -0.15) is 0 Å². The van der Waals surface area contributed by atoms with Crippen molar-refractivity contribution >= 4 is 15.5 Å². The van der Waals surface area contributed by atoms with E-state index in [9.17, 15) is 8.42 Å². The molecule has 0 aromatic heterocycles. The molecule has 0 spiro atoms. The smallest absolute Gasteiger partial charge is 0.178 e. The SMILES string of the molecule is CCCS(=O)(=O)c1ccc(NCC2(CCO)CC2)cc1. The third-order valence-electron chi connectivity index (χ3n) is 3.95. The average Bonchev–Trinajstić information content (AvgIpc) is 3.18. The summed E-state index contributed by atoms with van der Waals surface area (Å²) in [5.41, 5.74) is 1.19. The molecule has 0 atom stereocenters. The van der Waals surface area contributed by atoms with Gasteiger partial charge in [0.2, 0.25) is 0 Å². The van der Waals surface area contributed by atoms with Crippen LogP contribution in [0.4, 0.5) is 5.69 Å². The van der Waals surface area contributed by atoms with Crippen LogP contribution in [0.2, 0.25) is 0 Å². The Labute approximate surface area is 121 Å². The molecule has 0 aliphatic heterocycles. The number of rotatable bonds is 8. The predicted octanol–water partition coefficient (Wildman–Crippen LogP) is 2.44. The zero-order valence-corrected chi connectivity index (χ0v) is 12.7. The summed E-state index contributed by atoms with van der Waals surface area (Å²) in [5, 5.41) is 12.4. The van der Waals surface area contributed by atoms with Crippen LogP contribution in [0, 0.1) is 5.41 Å². The Morgan fingerprint density at radius 2 is 1.90 bits per heavy atom. The summed E-state index contributed by atoms with van der Waals surface area (Å²) in [6, 6.07) is 6.97. The minimum absolute atomic E-state index is 0.194. The van der Waals surface area contributed by atoms with Crippen molar-refractivity contribution in [1.82, 2.24) is 0 Å². The monoisotopic (exact) mass is 297 g/mol. The molecule has 0 amide bonds. The van der Waals surface area contributed by atoms with Crippen LogP contribution in [-0.2, 0) is 9.84 Å². The quantitative estimate of drug-likeness (QED) is 0.773. The third-order valence-corrected chi connectivity index (χ3v) is 5.89. The van der Waals surface area contributed by atoms with Crippen LogP contribution in [0.1, 0.15) is 32.6 Å². The number of nitrogens with one attached hydrogen (secondary N) is 1. The van der Waals surface area contributed by atoms with Crippen LogP contribution in [0.15, 0.2) is 29.2 Å². The largest absolute Gasteiger partial charge is 0.396 e. The lowest BCUT2D eigenvalue weighted by atomic mass is 10.0. The Kier molecular flexibility index (Phi) is 4.70. The van der Waals surface area contributed by atoms with E-state index in [0.717, 1.165) is 31.5 Å². The van der Waals surface area contributed by atoms with Gasteiger partial charge in [0.1, 0.15) is 0 Å². The molecule has 5 heteroatoms. The Morgan fingerprint density at radius 3 is 2.40 bits per heavy atom. The standard InChI is InChI=1S/C15H23NO3S/c1-2-11-20(18,19)14-5-3-13(4-6-14)16-12-15(7-8-15)9-10-17/h3-6,16-17H,2,7-12H2,1H3. The van der Waals surface area contributed by atoms with E-state index in [4.69, 9.17) is 5.11 Å². The molecular formula is C15H23NO3S. The number of sulfone groups is 1. The molecule has 112 valence electrons. The van der Waals surface area contributed by atoms with Gasteiger partial charge in [-0.25, -0.2) is 8.42 Å². The normalized spacial score (nSPS) is 16.9. The van der Waals surface area contributed by atoms with Gasteiger partial charge in [-0.3, -0.25) is 0 Å². The van der Waals surface area contributed by atoms with Gasteiger partial charge in [0.05, 0.1) is 10.6 Å². The highest BCUT2D eigenvalue weighted by Crippen LogP contribution is 2.48. The van der Waals surface area contributed by atoms with Crippen molar-refractivity contribution in [2.45, 2.75) is 37.5 Å². The number of benzene rings is 1. The first-order chi connectivity index (χ1) is 9.51.